The van der Waals surface area contributed by atoms with Crippen LogP contribution < -0.4 is 5.32 Å². The van der Waals surface area contributed by atoms with Gasteiger partial charge in [-0.15, -0.1) is 0 Å². The highest BCUT2D eigenvalue weighted by molar-refractivity contribution is 5.06. The topological polar surface area (TPSA) is 45.4 Å². The average molecular weight is 239 g/mol. The van der Waals surface area contributed by atoms with Crippen LogP contribution >= 0.6 is 0 Å². The van der Waals surface area contributed by atoms with Crippen molar-refractivity contribution < 1.29 is 9.52 Å². The van der Waals surface area contributed by atoms with Crippen molar-refractivity contribution in [3.63, 3.8) is 0 Å². The van der Waals surface area contributed by atoms with Gasteiger partial charge in [0.05, 0.1) is 6.54 Å². The van der Waals surface area contributed by atoms with Gasteiger partial charge < -0.3 is 14.8 Å². The molecular weight excluding hydrogens is 214 g/mol. The third-order valence-electron chi connectivity index (χ3n) is 3.27. The van der Waals surface area contributed by atoms with E-state index in [9.17, 15) is 0 Å². The summed E-state index contributed by atoms with van der Waals surface area (Å²) < 4.78 is 5.42. The molecule has 3 nitrogen and oxygen atoms in total. The average Bonchev–Trinajstić information content (AvgIpc) is 2.71. The van der Waals surface area contributed by atoms with Gasteiger partial charge in [0.2, 0.25) is 0 Å². The predicted octanol–water partition coefficient (Wildman–Crippen LogP) is 2.79. The van der Waals surface area contributed by atoms with Crippen LogP contribution in [-0.4, -0.2) is 11.7 Å². The molecule has 0 amide bonds. The number of hydrogen-bond donors (Lipinski definition) is 2. The van der Waals surface area contributed by atoms with Gasteiger partial charge in [-0.25, -0.2) is 0 Å². The van der Waals surface area contributed by atoms with E-state index in [4.69, 9.17) is 9.52 Å². The molecule has 0 saturated carbocycles. The zero-order chi connectivity index (χ0) is 12.8. The van der Waals surface area contributed by atoms with Crippen LogP contribution in [0.25, 0.3) is 0 Å². The lowest BCUT2D eigenvalue weighted by molar-refractivity contribution is 0.240. The summed E-state index contributed by atoms with van der Waals surface area (Å²) in [7, 11) is 0. The van der Waals surface area contributed by atoms with Crippen molar-refractivity contribution >= 4 is 0 Å². The van der Waals surface area contributed by atoms with Crippen LogP contribution in [0.4, 0.5) is 0 Å². The summed E-state index contributed by atoms with van der Waals surface area (Å²) in [5.41, 5.74) is 0. The maximum absolute atomic E-state index is 8.90. The number of rotatable bonds is 7. The van der Waals surface area contributed by atoms with Crippen molar-refractivity contribution in [3.05, 3.63) is 23.7 Å². The minimum Gasteiger partial charge on any atom is -0.462 e. The fourth-order valence-electron chi connectivity index (χ4n) is 2.21. The van der Waals surface area contributed by atoms with E-state index in [-0.39, 0.29) is 6.61 Å². The fraction of sp³-hybridized carbons (Fsp3) is 0.714. The molecule has 1 heterocycles. The molecule has 0 spiro atoms. The lowest BCUT2D eigenvalue weighted by atomic mass is 9.85. The molecule has 0 aliphatic rings. The fourth-order valence-corrected chi connectivity index (χ4v) is 2.21. The summed E-state index contributed by atoms with van der Waals surface area (Å²) in [6, 6.07) is 3.73. The van der Waals surface area contributed by atoms with E-state index < -0.39 is 0 Å². The smallest absolute Gasteiger partial charge is 0.129 e. The van der Waals surface area contributed by atoms with Crippen molar-refractivity contribution in [1.82, 2.24) is 5.32 Å². The quantitative estimate of drug-likeness (QED) is 0.769. The Morgan fingerprint density at radius 3 is 2.18 bits per heavy atom. The van der Waals surface area contributed by atoms with E-state index in [2.05, 4.69) is 33.0 Å². The van der Waals surface area contributed by atoms with Crippen molar-refractivity contribution in [2.24, 2.45) is 17.8 Å². The van der Waals surface area contributed by atoms with Gasteiger partial charge in [0.25, 0.3) is 0 Å². The van der Waals surface area contributed by atoms with E-state index in [1.54, 1.807) is 0 Å². The normalized spacial score (nSPS) is 12.0. The zero-order valence-corrected chi connectivity index (χ0v) is 11.4. The number of furan rings is 1. The van der Waals surface area contributed by atoms with Crippen molar-refractivity contribution in [2.75, 3.05) is 6.54 Å². The van der Waals surface area contributed by atoms with Gasteiger partial charge in [0, 0.05) is 0 Å². The first-order valence-electron chi connectivity index (χ1n) is 6.43. The highest BCUT2D eigenvalue weighted by Crippen LogP contribution is 2.19. The van der Waals surface area contributed by atoms with Crippen molar-refractivity contribution in [2.45, 2.75) is 40.8 Å². The number of nitrogens with one attached hydrogen (secondary N) is 1. The molecule has 0 aromatic carbocycles. The molecule has 0 unspecified atom stereocenters. The monoisotopic (exact) mass is 239 g/mol. The SMILES string of the molecule is CC(C)C(CNCc1ccc(CO)o1)C(C)C. The van der Waals surface area contributed by atoms with Gasteiger partial charge in [-0.2, -0.15) is 0 Å². The van der Waals surface area contributed by atoms with E-state index in [0.717, 1.165) is 18.8 Å². The molecule has 0 radical (unpaired) electrons. The molecule has 1 aromatic rings. The van der Waals surface area contributed by atoms with Gasteiger partial charge >= 0.3 is 0 Å². The van der Waals surface area contributed by atoms with Gasteiger partial charge in [0.1, 0.15) is 18.1 Å². The number of aliphatic hydroxyl groups excluding tert-OH is 1. The Labute approximate surface area is 104 Å². The lowest BCUT2D eigenvalue weighted by Crippen LogP contribution is -2.29. The summed E-state index contributed by atoms with van der Waals surface area (Å²) in [4.78, 5) is 0. The highest BCUT2D eigenvalue weighted by Gasteiger charge is 2.16. The molecule has 0 aliphatic carbocycles. The zero-order valence-electron chi connectivity index (χ0n) is 11.4. The Morgan fingerprint density at radius 1 is 1.12 bits per heavy atom. The van der Waals surface area contributed by atoms with E-state index >= 15 is 0 Å². The molecule has 0 aliphatic heterocycles. The Balaban J connectivity index is 2.35. The largest absolute Gasteiger partial charge is 0.462 e. The molecule has 0 bridgehead atoms. The minimum atomic E-state index is -0.0272. The summed E-state index contributed by atoms with van der Waals surface area (Å²) in [5, 5.41) is 12.3. The first-order valence-corrected chi connectivity index (χ1v) is 6.43. The van der Waals surface area contributed by atoms with E-state index in [1.807, 2.05) is 12.1 Å². The summed E-state index contributed by atoms with van der Waals surface area (Å²) in [6.45, 7) is 10.8. The molecule has 0 fully saturated rings. The molecule has 0 atom stereocenters. The summed E-state index contributed by atoms with van der Waals surface area (Å²) >= 11 is 0. The van der Waals surface area contributed by atoms with Gasteiger partial charge in [0.15, 0.2) is 0 Å². The molecular formula is C14H25NO2. The second kappa shape index (κ2) is 6.82. The second-order valence-corrected chi connectivity index (χ2v) is 5.31. The van der Waals surface area contributed by atoms with Crippen LogP contribution in [0.5, 0.6) is 0 Å². The summed E-state index contributed by atoms with van der Waals surface area (Å²) in [5.74, 6) is 3.58. The Bertz CT molecular complexity index is 310. The van der Waals surface area contributed by atoms with Gasteiger partial charge in [-0.3, -0.25) is 0 Å². The molecule has 17 heavy (non-hydrogen) atoms. The maximum Gasteiger partial charge on any atom is 0.129 e. The number of aliphatic hydroxyl groups is 1. The molecule has 0 saturated heterocycles. The van der Waals surface area contributed by atoms with Crippen LogP contribution in [0.1, 0.15) is 39.2 Å². The van der Waals surface area contributed by atoms with Crippen LogP contribution in [0.2, 0.25) is 0 Å². The summed E-state index contributed by atoms with van der Waals surface area (Å²) in [6.07, 6.45) is 0. The van der Waals surface area contributed by atoms with Crippen LogP contribution in [-0.2, 0) is 13.2 Å². The second-order valence-electron chi connectivity index (χ2n) is 5.31. The van der Waals surface area contributed by atoms with Crippen LogP contribution in [0.15, 0.2) is 16.5 Å². The Morgan fingerprint density at radius 2 is 1.71 bits per heavy atom. The molecule has 98 valence electrons. The minimum absolute atomic E-state index is 0.0272. The van der Waals surface area contributed by atoms with Gasteiger partial charge in [-0.05, 0) is 36.4 Å². The Kier molecular flexibility index (Phi) is 5.72. The van der Waals surface area contributed by atoms with Crippen LogP contribution in [0.3, 0.4) is 0 Å². The van der Waals surface area contributed by atoms with Crippen molar-refractivity contribution in [1.29, 1.82) is 0 Å². The molecule has 1 rings (SSSR count). The lowest BCUT2D eigenvalue weighted by Gasteiger charge is -2.24. The molecule has 3 heteroatoms. The van der Waals surface area contributed by atoms with Gasteiger partial charge in [-0.1, -0.05) is 27.7 Å². The first kappa shape index (κ1) is 14.3. The van der Waals surface area contributed by atoms with Crippen LogP contribution in [0, 0.1) is 17.8 Å². The van der Waals surface area contributed by atoms with E-state index in [1.165, 1.54) is 0 Å². The number of hydrogen-bond acceptors (Lipinski definition) is 3. The third kappa shape index (κ3) is 4.52. The highest BCUT2D eigenvalue weighted by atomic mass is 16.4. The molecule has 2 N–H and O–H groups in total. The van der Waals surface area contributed by atoms with E-state index in [0.29, 0.717) is 23.5 Å². The third-order valence-corrected chi connectivity index (χ3v) is 3.27. The standard InChI is InChI=1S/C14H25NO2/c1-10(2)14(11(3)4)8-15-7-12-5-6-13(9-16)17-12/h5-6,10-11,14-16H,7-9H2,1-4H3. The Hall–Kier alpha value is -0.800. The molecule has 1 aromatic heterocycles. The first-order chi connectivity index (χ1) is 8.04. The van der Waals surface area contributed by atoms with Crippen molar-refractivity contribution in [3.8, 4) is 0 Å². The maximum atomic E-state index is 8.90. The predicted molar refractivity (Wildman–Crippen MR) is 69.5 cm³/mol.